The lowest BCUT2D eigenvalue weighted by Crippen LogP contribution is -2.43. The third kappa shape index (κ3) is 2.37. The van der Waals surface area contributed by atoms with Crippen LogP contribution < -0.4 is 5.32 Å². The predicted octanol–water partition coefficient (Wildman–Crippen LogP) is 3.20. The van der Waals surface area contributed by atoms with Crippen LogP contribution in [-0.2, 0) is 4.79 Å². The lowest BCUT2D eigenvalue weighted by atomic mass is 10.1. The van der Waals surface area contributed by atoms with Crippen molar-refractivity contribution in [3.63, 3.8) is 0 Å². The number of carbonyl (C=O) groups excluding carboxylic acids is 1. The van der Waals surface area contributed by atoms with Gasteiger partial charge in [-0.2, -0.15) is 11.8 Å². The number of thioether (sulfide) groups is 1. The molecule has 2 saturated heterocycles. The van der Waals surface area contributed by atoms with E-state index in [0.29, 0.717) is 11.9 Å². The van der Waals surface area contributed by atoms with Crippen molar-refractivity contribution in [2.24, 2.45) is 0 Å². The third-order valence-corrected chi connectivity index (χ3v) is 6.21. The molecule has 112 valence electrons. The highest BCUT2D eigenvalue weighted by Gasteiger charge is 2.60. The molecular formula is C16H19ClN2OS. The second kappa shape index (κ2) is 5.18. The Morgan fingerprint density at radius 2 is 2.24 bits per heavy atom. The van der Waals surface area contributed by atoms with Crippen molar-refractivity contribution in [3.05, 3.63) is 34.9 Å². The van der Waals surface area contributed by atoms with Crippen LogP contribution in [0.5, 0.6) is 0 Å². The van der Waals surface area contributed by atoms with E-state index in [9.17, 15) is 4.79 Å². The fourth-order valence-corrected chi connectivity index (χ4v) is 4.82. The molecule has 1 N–H and O–H groups in total. The van der Waals surface area contributed by atoms with Gasteiger partial charge >= 0.3 is 0 Å². The van der Waals surface area contributed by atoms with Gasteiger partial charge in [0.15, 0.2) is 0 Å². The van der Waals surface area contributed by atoms with E-state index in [1.165, 1.54) is 12.2 Å². The van der Waals surface area contributed by atoms with Crippen LogP contribution in [0.4, 0.5) is 0 Å². The van der Waals surface area contributed by atoms with Crippen LogP contribution in [0.1, 0.15) is 37.4 Å². The molecule has 2 unspecified atom stereocenters. The zero-order valence-electron chi connectivity index (χ0n) is 11.8. The number of rotatable bonds is 2. The minimum atomic E-state index is -0.269. The predicted molar refractivity (Wildman–Crippen MR) is 86.5 cm³/mol. The molecule has 3 nitrogen and oxygen atoms in total. The molecule has 4 rings (SSSR count). The van der Waals surface area contributed by atoms with Gasteiger partial charge in [0.05, 0.1) is 0 Å². The summed E-state index contributed by atoms with van der Waals surface area (Å²) in [6.07, 6.45) is 4.25. The molecule has 1 aromatic carbocycles. The van der Waals surface area contributed by atoms with E-state index in [1.807, 2.05) is 30.0 Å². The van der Waals surface area contributed by atoms with Gasteiger partial charge in [0.1, 0.15) is 11.7 Å². The van der Waals surface area contributed by atoms with Crippen LogP contribution in [0.15, 0.2) is 24.3 Å². The fraction of sp³-hybridized carbons (Fsp3) is 0.562. The SMILES string of the molecule is O=C1N(C2CCCSC2)C(c2cccc(Cl)c2)NC12CC2. The molecule has 2 heterocycles. The van der Waals surface area contributed by atoms with E-state index in [4.69, 9.17) is 11.6 Å². The molecule has 5 heteroatoms. The summed E-state index contributed by atoms with van der Waals surface area (Å²) in [5, 5.41) is 4.32. The summed E-state index contributed by atoms with van der Waals surface area (Å²) < 4.78 is 0. The zero-order valence-corrected chi connectivity index (χ0v) is 13.4. The maximum atomic E-state index is 12.9. The molecule has 3 fully saturated rings. The van der Waals surface area contributed by atoms with Crippen molar-refractivity contribution < 1.29 is 4.79 Å². The van der Waals surface area contributed by atoms with E-state index in [0.717, 1.165) is 35.6 Å². The first-order chi connectivity index (χ1) is 10.2. The normalized spacial score (nSPS) is 30.9. The summed E-state index contributed by atoms with van der Waals surface area (Å²) in [7, 11) is 0. The molecular weight excluding hydrogens is 304 g/mol. The number of halogens is 1. The first-order valence-electron chi connectivity index (χ1n) is 7.63. The van der Waals surface area contributed by atoms with Crippen molar-refractivity contribution in [2.45, 2.75) is 43.4 Å². The smallest absolute Gasteiger partial charge is 0.244 e. The Kier molecular flexibility index (Phi) is 3.43. The Balaban J connectivity index is 1.68. The quantitative estimate of drug-likeness (QED) is 0.907. The Morgan fingerprint density at radius 3 is 2.90 bits per heavy atom. The highest BCUT2D eigenvalue weighted by Crippen LogP contribution is 2.47. The van der Waals surface area contributed by atoms with E-state index in [-0.39, 0.29) is 11.7 Å². The second-order valence-corrected chi connectivity index (χ2v) is 7.85. The Hall–Kier alpha value is -0.710. The van der Waals surface area contributed by atoms with Gasteiger partial charge in [0.25, 0.3) is 0 Å². The average molecular weight is 323 g/mol. The molecule has 21 heavy (non-hydrogen) atoms. The monoisotopic (exact) mass is 322 g/mol. The molecule has 3 aliphatic rings. The van der Waals surface area contributed by atoms with Gasteiger partial charge in [-0.15, -0.1) is 0 Å². The highest BCUT2D eigenvalue weighted by molar-refractivity contribution is 7.99. The van der Waals surface area contributed by atoms with Gasteiger partial charge < -0.3 is 4.90 Å². The first-order valence-corrected chi connectivity index (χ1v) is 9.17. The lowest BCUT2D eigenvalue weighted by Gasteiger charge is -2.35. The summed E-state index contributed by atoms with van der Waals surface area (Å²) in [4.78, 5) is 15.0. The molecule has 0 bridgehead atoms. The number of carbonyl (C=O) groups is 1. The molecule has 2 aliphatic heterocycles. The number of nitrogens with zero attached hydrogens (tertiary/aromatic N) is 1. The van der Waals surface area contributed by atoms with Crippen LogP contribution in [-0.4, -0.2) is 33.9 Å². The number of nitrogens with one attached hydrogen (secondary N) is 1. The number of hydrogen-bond donors (Lipinski definition) is 1. The largest absolute Gasteiger partial charge is 0.317 e. The van der Waals surface area contributed by atoms with Gasteiger partial charge in [-0.05, 0) is 49.1 Å². The summed E-state index contributed by atoms with van der Waals surface area (Å²) in [6.45, 7) is 0. The molecule has 0 radical (unpaired) electrons. The molecule has 1 aromatic rings. The fourth-order valence-electron chi connectivity index (χ4n) is 3.48. The minimum absolute atomic E-state index is 0.0117. The van der Waals surface area contributed by atoms with Gasteiger partial charge in [0, 0.05) is 16.8 Å². The molecule has 0 aromatic heterocycles. The number of amides is 1. The Labute approximate surface area is 134 Å². The summed E-state index contributed by atoms with van der Waals surface area (Å²) in [6, 6.07) is 8.26. The van der Waals surface area contributed by atoms with E-state index in [1.54, 1.807) is 0 Å². The Morgan fingerprint density at radius 1 is 1.38 bits per heavy atom. The van der Waals surface area contributed by atoms with Crippen LogP contribution in [0.2, 0.25) is 5.02 Å². The topological polar surface area (TPSA) is 32.3 Å². The third-order valence-electron chi connectivity index (χ3n) is 4.78. The van der Waals surface area contributed by atoms with Crippen molar-refractivity contribution in [2.75, 3.05) is 11.5 Å². The number of benzene rings is 1. The van der Waals surface area contributed by atoms with Crippen LogP contribution in [0.25, 0.3) is 0 Å². The first kappa shape index (κ1) is 13.9. The van der Waals surface area contributed by atoms with Crippen molar-refractivity contribution in [1.82, 2.24) is 10.2 Å². The maximum Gasteiger partial charge on any atom is 0.244 e. The molecule has 1 saturated carbocycles. The molecule has 1 aliphatic carbocycles. The molecule has 2 atom stereocenters. The number of hydrogen-bond acceptors (Lipinski definition) is 3. The van der Waals surface area contributed by atoms with E-state index >= 15 is 0 Å². The zero-order chi connectivity index (χ0) is 14.4. The summed E-state index contributed by atoms with van der Waals surface area (Å²) in [5.74, 6) is 2.58. The van der Waals surface area contributed by atoms with Gasteiger partial charge in [-0.3, -0.25) is 10.1 Å². The average Bonchev–Trinajstić information content (AvgIpc) is 3.22. The van der Waals surface area contributed by atoms with Crippen LogP contribution in [0.3, 0.4) is 0 Å². The highest BCUT2D eigenvalue weighted by atomic mass is 35.5. The summed E-state index contributed by atoms with van der Waals surface area (Å²) in [5.41, 5.74) is 0.838. The Bertz CT molecular complexity index is 569. The minimum Gasteiger partial charge on any atom is -0.317 e. The van der Waals surface area contributed by atoms with E-state index in [2.05, 4.69) is 16.3 Å². The lowest BCUT2D eigenvalue weighted by molar-refractivity contribution is -0.132. The van der Waals surface area contributed by atoms with Crippen molar-refractivity contribution in [1.29, 1.82) is 0 Å². The van der Waals surface area contributed by atoms with Gasteiger partial charge in [-0.25, -0.2) is 0 Å². The van der Waals surface area contributed by atoms with Crippen LogP contribution in [0, 0.1) is 0 Å². The van der Waals surface area contributed by atoms with Crippen molar-refractivity contribution in [3.8, 4) is 0 Å². The van der Waals surface area contributed by atoms with Crippen molar-refractivity contribution >= 4 is 29.3 Å². The maximum absolute atomic E-state index is 12.9. The molecule has 1 spiro atoms. The van der Waals surface area contributed by atoms with Crippen LogP contribution >= 0.6 is 23.4 Å². The van der Waals surface area contributed by atoms with Gasteiger partial charge in [-0.1, -0.05) is 23.7 Å². The second-order valence-electron chi connectivity index (χ2n) is 6.27. The summed E-state index contributed by atoms with van der Waals surface area (Å²) >= 11 is 8.11. The van der Waals surface area contributed by atoms with E-state index < -0.39 is 0 Å². The standard InChI is InChI=1S/C16H19ClN2OS/c17-12-4-1-3-11(9-12)14-18-16(6-7-16)15(20)19(14)13-5-2-8-21-10-13/h1,3-4,9,13-14,18H,2,5-8,10H2. The molecule has 1 amide bonds. The van der Waals surface area contributed by atoms with Gasteiger partial charge in [0.2, 0.25) is 5.91 Å².